The predicted octanol–water partition coefficient (Wildman–Crippen LogP) is 4.45. The second-order valence-electron chi connectivity index (χ2n) is 6.43. The summed E-state index contributed by atoms with van der Waals surface area (Å²) in [7, 11) is 0. The van der Waals surface area contributed by atoms with Gasteiger partial charge in [0, 0.05) is 27.5 Å². The zero-order chi connectivity index (χ0) is 19.5. The van der Waals surface area contributed by atoms with Crippen LogP contribution in [0.4, 0.5) is 5.69 Å². The summed E-state index contributed by atoms with van der Waals surface area (Å²) in [5.41, 5.74) is 2.37. The first-order valence-electron chi connectivity index (χ1n) is 8.85. The Morgan fingerprint density at radius 2 is 1.96 bits per heavy atom. The number of nitriles is 1. The zero-order valence-corrected chi connectivity index (χ0v) is 16.6. The smallest absolute Gasteiger partial charge is 0.254 e. The van der Waals surface area contributed by atoms with Crippen molar-refractivity contribution >= 4 is 40.2 Å². The summed E-state index contributed by atoms with van der Waals surface area (Å²) in [6, 6.07) is 14.8. The van der Waals surface area contributed by atoms with Gasteiger partial charge in [0.25, 0.3) is 5.91 Å². The second-order valence-corrected chi connectivity index (χ2v) is 8.41. The Balaban J connectivity index is 1.59. The summed E-state index contributed by atoms with van der Waals surface area (Å²) in [5, 5.41) is 15.4. The molecule has 0 fully saturated rings. The van der Waals surface area contributed by atoms with Crippen LogP contribution in [0.25, 0.3) is 0 Å². The van der Waals surface area contributed by atoms with Gasteiger partial charge in [0.1, 0.15) is 6.42 Å². The molecule has 0 saturated heterocycles. The van der Waals surface area contributed by atoms with Crippen LogP contribution in [-0.2, 0) is 11.2 Å². The number of hydrogen-bond acceptors (Lipinski definition) is 5. The molecule has 2 aromatic heterocycles. The minimum atomic E-state index is -0.361. The van der Waals surface area contributed by atoms with Crippen LogP contribution in [0.15, 0.2) is 53.2 Å². The maximum Gasteiger partial charge on any atom is 0.254 e. The summed E-state index contributed by atoms with van der Waals surface area (Å²) >= 11 is 3.41. The summed E-state index contributed by atoms with van der Waals surface area (Å²) in [5.74, 6) is -0.384. The van der Waals surface area contributed by atoms with Gasteiger partial charge >= 0.3 is 0 Å². The number of carbonyl (C=O) groups is 2. The molecule has 0 saturated carbocycles. The Labute approximate surface area is 170 Å². The maximum atomic E-state index is 13.3. The molecule has 3 aromatic rings. The third kappa shape index (κ3) is 3.57. The molecule has 5 nitrogen and oxygen atoms in total. The first-order chi connectivity index (χ1) is 13.7. The minimum Gasteiger partial charge on any atom is -0.326 e. The van der Waals surface area contributed by atoms with Gasteiger partial charge in [0.15, 0.2) is 0 Å². The van der Waals surface area contributed by atoms with E-state index in [0.717, 1.165) is 11.3 Å². The molecule has 1 aromatic carbocycles. The largest absolute Gasteiger partial charge is 0.326 e. The molecule has 0 radical (unpaired) electrons. The van der Waals surface area contributed by atoms with Crippen molar-refractivity contribution in [3.05, 3.63) is 74.1 Å². The van der Waals surface area contributed by atoms with Crippen molar-refractivity contribution < 1.29 is 9.59 Å². The van der Waals surface area contributed by atoms with Gasteiger partial charge in [-0.3, -0.25) is 9.59 Å². The topological polar surface area (TPSA) is 73.2 Å². The fourth-order valence-electron chi connectivity index (χ4n) is 3.43. The fourth-order valence-corrected chi connectivity index (χ4v) is 5.19. The van der Waals surface area contributed by atoms with Crippen molar-refractivity contribution in [2.24, 2.45) is 0 Å². The average Bonchev–Trinajstić information content (AvgIpc) is 3.39. The molecule has 1 aliphatic rings. The number of amides is 2. The number of nitrogens with zero attached hydrogens (tertiary/aromatic N) is 2. The molecule has 140 valence electrons. The van der Waals surface area contributed by atoms with E-state index in [9.17, 15) is 9.59 Å². The number of thiophene rings is 2. The van der Waals surface area contributed by atoms with E-state index >= 15 is 0 Å². The molecule has 7 heteroatoms. The molecule has 28 heavy (non-hydrogen) atoms. The molecular weight excluding hydrogens is 390 g/mol. The molecule has 0 aliphatic carbocycles. The van der Waals surface area contributed by atoms with Gasteiger partial charge in [-0.15, -0.1) is 22.7 Å². The number of nitrogens with one attached hydrogen (secondary N) is 1. The summed E-state index contributed by atoms with van der Waals surface area (Å²) in [6.07, 6.45) is 0.669. The van der Waals surface area contributed by atoms with Crippen LogP contribution in [0.5, 0.6) is 0 Å². The number of rotatable bonds is 4. The van der Waals surface area contributed by atoms with Crippen molar-refractivity contribution in [2.75, 3.05) is 11.9 Å². The molecular formula is C21H17N3O2S2. The highest BCUT2D eigenvalue weighted by Gasteiger charge is 2.33. The lowest BCUT2D eigenvalue weighted by molar-refractivity contribution is -0.115. The first kappa shape index (κ1) is 18.4. The number of benzene rings is 1. The molecule has 0 spiro atoms. The first-order valence-corrected chi connectivity index (χ1v) is 10.6. The molecule has 1 atom stereocenters. The van der Waals surface area contributed by atoms with E-state index < -0.39 is 0 Å². The maximum absolute atomic E-state index is 13.3. The van der Waals surface area contributed by atoms with Gasteiger partial charge in [0.05, 0.1) is 12.1 Å². The summed E-state index contributed by atoms with van der Waals surface area (Å²) in [4.78, 5) is 29.3. The molecule has 1 N–H and O–H groups in total. The lowest BCUT2D eigenvalue weighted by Gasteiger charge is -2.35. The molecule has 2 amide bonds. The van der Waals surface area contributed by atoms with Gasteiger partial charge in [-0.25, -0.2) is 0 Å². The van der Waals surface area contributed by atoms with E-state index in [4.69, 9.17) is 5.26 Å². The summed E-state index contributed by atoms with van der Waals surface area (Å²) in [6.45, 7) is 0.676. The zero-order valence-electron chi connectivity index (χ0n) is 14.9. The number of fused-ring (bicyclic) bond motifs is 1. The van der Waals surface area contributed by atoms with Crippen LogP contribution in [-0.4, -0.2) is 23.3 Å². The van der Waals surface area contributed by atoms with Crippen molar-refractivity contribution in [1.29, 1.82) is 5.26 Å². The Kier molecular flexibility index (Phi) is 5.24. The predicted molar refractivity (Wildman–Crippen MR) is 111 cm³/mol. The number of anilines is 1. The van der Waals surface area contributed by atoms with E-state index in [0.29, 0.717) is 17.8 Å². The standard InChI is InChI=1S/C21H17N3O2S2/c22-10-7-19(25)23-15-5-3-14(4-6-15)21(26)24-11-8-17-16(9-13-28-17)20(24)18-2-1-12-27-18/h1-6,9,12-13,20H,7-8,11H2,(H,23,25)/t20-/m1/s1. The van der Waals surface area contributed by atoms with Crippen molar-refractivity contribution in [3.8, 4) is 6.07 Å². The van der Waals surface area contributed by atoms with Gasteiger partial charge in [-0.05, 0) is 59.1 Å². The van der Waals surface area contributed by atoms with E-state index in [1.165, 1.54) is 10.4 Å². The second kappa shape index (κ2) is 7.97. The van der Waals surface area contributed by atoms with Gasteiger partial charge in [-0.2, -0.15) is 5.26 Å². The quantitative estimate of drug-likeness (QED) is 0.694. The fraction of sp³-hybridized carbons (Fsp3) is 0.190. The van der Waals surface area contributed by atoms with Gasteiger partial charge in [-0.1, -0.05) is 6.07 Å². The third-order valence-corrected chi connectivity index (χ3v) is 6.62. The van der Waals surface area contributed by atoms with Gasteiger partial charge in [0.2, 0.25) is 5.91 Å². The lowest BCUT2D eigenvalue weighted by Crippen LogP contribution is -2.39. The molecule has 0 bridgehead atoms. The Morgan fingerprint density at radius 1 is 1.14 bits per heavy atom. The highest BCUT2D eigenvalue weighted by molar-refractivity contribution is 7.10. The van der Waals surface area contributed by atoms with Crippen molar-refractivity contribution in [1.82, 2.24) is 4.90 Å². The average molecular weight is 408 g/mol. The Hall–Kier alpha value is -2.95. The van der Waals surface area contributed by atoms with Crippen LogP contribution in [0.1, 0.15) is 38.1 Å². The molecule has 4 rings (SSSR count). The van der Waals surface area contributed by atoms with Crippen LogP contribution in [0.3, 0.4) is 0 Å². The van der Waals surface area contributed by atoms with E-state index in [1.807, 2.05) is 22.4 Å². The van der Waals surface area contributed by atoms with E-state index in [-0.39, 0.29) is 24.3 Å². The monoisotopic (exact) mass is 407 g/mol. The molecule has 0 unspecified atom stereocenters. The van der Waals surface area contributed by atoms with Crippen LogP contribution < -0.4 is 5.32 Å². The highest BCUT2D eigenvalue weighted by Crippen LogP contribution is 2.40. The van der Waals surface area contributed by atoms with Crippen LogP contribution in [0.2, 0.25) is 0 Å². The third-order valence-electron chi connectivity index (χ3n) is 4.69. The lowest BCUT2D eigenvalue weighted by atomic mass is 9.97. The van der Waals surface area contributed by atoms with Crippen molar-refractivity contribution in [3.63, 3.8) is 0 Å². The van der Waals surface area contributed by atoms with Crippen LogP contribution in [0, 0.1) is 11.3 Å². The number of carbonyl (C=O) groups excluding carboxylic acids is 2. The van der Waals surface area contributed by atoms with Crippen LogP contribution >= 0.6 is 22.7 Å². The van der Waals surface area contributed by atoms with Gasteiger partial charge < -0.3 is 10.2 Å². The minimum absolute atomic E-state index is 0.0230. The van der Waals surface area contributed by atoms with E-state index in [2.05, 4.69) is 22.8 Å². The summed E-state index contributed by atoms with van der Waals surface area (Å²) < 4.78 is 0. The number of hydrogen-bond donors (Lipinski definition) is 1. The van der Waals surface area contributed by atoms with E-state index in [1.54, 1.807) is 46.9 Å². The molecule has 1 aliphatic heterocycles. The molecule has 3 heterocycles. The normalized spacial score (nSPS) is 15.5. The SMILES string of the molecule is N#CCC(=O)Nc1ccc(C(=O)N2CCc3sccc3[C@@H]2c2cccs2)cc1. The Bertz CT molecular complexity index is 1030. The Morgan fingerprint density at radius 3 is 2.68 bits per heavy atom. The van der Waals surface area contributed by atoms with Crippen molar-refractivity contribution in [2.45, 2.75) is 18.9 Å². The highest BCUT2D eigenvalue weighted by atomic mass is 32.1.